The van der Waals surface area contributed by atoms with Gasteiger partial charge in [-0.15, -0.1) is 0 Å². The smallest absolute Gasteiger partial charge is 0.244 e. The first-order valence-electron chi connectivity index (χ1n) is 7.08. The summed E-state index contributed by atoms with van der Waals surface area (Å²) in [6, 6.07) is 11.7. The number of methoxy groups -OCH3 is 1. The van der Waals surface area contributed by atoms with Gasteiger partial charge in [-0.05, 0) is 30.3 Å². The molecule has 2 aromatic carbocycles. The number of nitrogens with zero attached hydrogens (tertiary/aromatic N) is 1. The number of hydrogen-bond donors (Lipinski definition) is 1. The van der Waals surface area contributed by atoms with Gasteiger partial charge in [-0.2, -0.15) is 0 Å². The van der Waals surface area contributed by atoms with Gasteiger partial charge < -0.3 is 10.1 Å². The first-order chi connectivity index (χ1) is 11.4. The number of hydrogen-bond acceptors (Lipinski definition) is 3. The highest BCUT2D eigenvalue weighted by Gasteiger charge is 2.19. The minimum absolute atomic E-state index is 0.172. The van der Waals surface area contributed by atoms with Crippen molar-refractivity contribution in [2.24, 2.45) is 0 Å². The van der Waals surface area contributed by atoms with Crippen molar-refractivity contribution in [2.45, 2.75) is 6.92 Å². The Balaban J connectivity index is 2.18. The summed E-state index contributed by atoms with van der Waals surface area (Å²) >= 11 is 11.9. The number of benzene rings is 2. The van der Waals surface area contributed by atoms with Crippen LogP contribution >= 0.6 is 23.2 Å². The Morgan fingerprint density at radius 3 is 2.50 bits per heavy atom. The van der Waals surface area contributed by atoms with E-state index in [0.717, 1.165) is 0 Å². The van der Waals surface area contributed by atoms with E-state index in [-0.39, 0.29) is 18.4 Å². The van der Waals surface area contributed by atoms with Crippen molar-refractivity contribution in [2.75, 3.05) is 23.9 Å². The monoisotopic (exact) mass is 366 g/mol. The molecule has 0 aliphatic rings. The second-order valence-electron chi connectivity index (χ2n) is 4.95. The van der Waals surface area contributed by atoms with Crippen LogP contribution < -0.4 is 15.0 Å². The number of nitrogens with one attached hydrogen (secondary N) is 1. The van der Waals surface area contributed by atoms with Crippen LogP contribution in [0, 0.1) is 0 Å². The number of carbonyl (C=O) groups is 2. The van der Waals surface area contributed by atoms with E-state index in [1.165, 1.54) is 25.0 Å². The standard InChI is InChI=1S/C17H16Cl2N2O3/c1-11(22)21(15-5-3-4-6-16(15)24-2)10-17(23)20-14-8-7-12(18)9-13(14)19/h3-9H,10H2,1-2H3,(H,20,23). The highest BCUT2D eigenvalue weighted by atomic mass is 35.5. The van der Waals surface area contributed by atoms with Crippen LogP contribution in [0.25, 0.3) is 0 Å². The predicted octanol–water partition coefficient (Wildman–Crippen LogP) is 3.99. The summed E-state index contributed by atoms with van der Waals surface area (Å²) in [5.41, 5.74) is 0.944. The molecule has 0 heterocycles. The van der Waals surface area contributed by atoms with Crippen LogP contribution in [0.3, 0.4) is 0 Å². The first-order valence-corrected chi connectivity index (χ1v) is 7.84. The molecule has 0 aliphatic heterocycles. The van der Waals surface area contributed by atoms with Crippen LogP contribution in [0.4, 0.5) is 11.4 Å². The summed E-state index contributed by atoms with van der Waals surface area (Å²) in [5.74, 6) is -0.165. The fourth-order valence-corrected chi connectivity index (χ4v) is 2.60. The molecular formula is C17H16Cl2N2O3. The Labute approximate surface area is 150 Å². The van der Waals surface area contributed by atoms with Crippen molar-refractivity contribution >= 4 is 46.4 Å². The van der Waals surface area contributed by atoms with Crippen molar-refractivity contribution in [1.82, 2.24) is 0 Å². The van der Waals surface area contributed by atoms with Crippen LogP contribution in [-0.4, -0.2) is 25.5 Å². The quantitative estimate of drug-likeness (QED) is 0.869. The van der Waals surface area contributed by atoms with E-state index in [1.54, 1.807) is 36.4 Å². The predicted molar refractivity (Wildman–Crippen MR) is 96.1 cm³/mol. The molecular weight excluding hydrogens is 351 g/mol. The van der Waals surface area contributed by atoms with Crippen molar-refractivity contribution in [3.63, 3.8) is 0 Å². The summed E-state index contributed by atoms with van der Waals surface area (Å²) in [6.45, 7) is 1.21. The van der Waals surface area contributed by atoms with Crippen molar-refractivity contribution < 1.29 is 14.3 Å². The Hall–Kier alpha value is -2.24. The lowest BCUT2D eigenvalue weighted by Gasteiger charge is -2.22. The molecule has 5 nitrogen and oxygen atoms in total. The van der Waals surface area contributed by atoms with Crippen LogP contribution in [0.1, 0.15) is 6.92 Å². The molecule has 0 spiro atoms. The van der Waals surface area contributed by atoms with Gasteiger partial charge in [0.25, 0.3) is 0 Å². The highest BCUT2D eigenvalue weighted by molar-refractivity contribution is 6.36. The van der Waals surface area contributed by atoms with Crippen LogP contribution in [0.2, 0.25) is 10.0 Å². The zero-order valence-electron chi connectivity index (χ0n) is 13.2. The molecule has 0 bridgehead atoms. The van der Waals surface area contributed by atoms with Gasteiger partial charge in [-0.25, -0.2) is 0 Å². The number of ether oxygens (including phenoxy) is 1. The van der Waals surface area contributed by atoms with Crippen molar-refractivity contribution in [3.05, 3.63) is 52.5 Å². The fourth-order valence-electron chi connectivity index (χ4n) is 2.14. The fraction of sp³-hybridized carbons (Fsp3) is 0.176. The zero-order chi connectivity index (χ0) is 17.7. The Kier molecular flexibility index (Phi) is 6.06. The van der Waals surface area contributed by atoms with Crippen molar-refractivity contribution in [1.29, 1.82) is 0 Å². The number of rotatable bonds is 5. The topological polar surface area (TPSA) is 58.6 Å². The van der Waals surface area contributed by atoms with Gasteiger partial charge in [0.1, 0.15) is 12.3 Å². The van der Waals surface area contributed by atoms with Gasteiger partial charge in [-0.1, -0.05) is 35.3 Å². The molecule has 2 rings (SSSR count). The molecule has 0 fully saturated rings. The minimum Gasteiger partial charge on any atom is -0.495 e. The lowest BCUT2D eigenvalue weighted by Crippen LogP contribution is -2.36. The summed E-state index contributed by atoms with van der Waals surface area (Å²) in [7, 11) is 1.50. The van der Waals surface area contributed by atoms with E-state index in [1.807, 2.05) is 0 Å². The number of halogens is 2. The Morgan fingerprint density at radius 1 is 1.17 bits per heavy atom. The third kappa shape index (κ3) is 4.40. The van der Waals surface area contributed by atoms with Crippen LogP contribution in [0.15, 0.2) is 42.5 Å². The van der Waals surface area contributed by atoms with E-state index in [9.17, 15) is 9.59 Å². The molecule has 1 N–H and O–H groups in total. The summed E-state index contributed by atoms with van der Waals surface area (Å²) in [5, 5.41) is 3.46. The maximum absolute atomic E-state index is 12.3. The molecule has 0 aliphatic carbocycles. The maximum atomic E-state index is 12.3. The van der Waals surface area contributed by atoms with Crippen molar-refractivity contribution in [3.8, 4) is 5.75 Å². The molecule has 0 saturated carbocycles. The lowest BCUT2D eigenvalue weighted by molar-refractivity contribution is -0.120. The number of amides is 2. The van der Waals surface area contributed by atoms with Gasteiger partial charge in [0.15, 0.2) is 0 Å². The molecule has 0 atom stereocenters. The van der Waals surface area contributed by atoms with Gasteiger partial charge in [0.2, 0.25) is 11.8 Å². The number of para-hydroxylation sites is 2. The maximum Gasteiger partial charge on any atom is 0.244 e. The molecule has 7 heteroatoms. The van der Waals surface area contributed by atoms with Gasteiger partial charge in [0.05, 0.1) is 23.5 Å². The average molecular weight is 367 g/mol. The zero-order valence-corrected chi connectivity index (χ0v) is 14.7. The molecule has 0 saturated heterocycles. The van der Waals surface area contributed by atoms with E-state index < -0.39 is 0 Å². The van der Waals surface area contributed by atoms with E-state index >= 15 is 0 Å². The second-order valence-corrected chi connectivity index (χ2v) is 5.79. The first kappa shape index (κ1) is 18.1. The van der Waals surface area contributed by atoms with Crippen LogP contribution in [0.5, 0.6) is 5.75 Å². The number of anilines is 2. The van der Waals surface area contributed by atoms with E-state index in [2.05, 4.69) is 5.32 Å². The Bertz CT molecular complexity index is 765. The largest absolute Gasteiger partial charge is 0.495 e. The summed E-state index contributed by atoms with van der Waals surface area (Å²) < 4.78 is 5.25. The molecule has 126 valence electrons. The van der Waals surface area contributed by atoms with E-state index in [0.29, 0.717) is 27.2 Å². The summed E-state index contributed by atoms with van der Waals surface area (Å²) in [4.78, 5) is 25.6. The minimum atomic E-state index is -0.389. The van der Waals surface area contributed by atoms with Gasteiger partial charge >= 0.3 is 0 Å². The van der Waals surface area contributed by atoms with Gasteiger partial charge in [0, 0.05) is 11.9 Å². The van der Waals surface area contributed by atoms with Crippen LogP contribution in [-0.2, 0) is 9.59 Å². The molecule has 2 aromatic rings. The SMILES string of the molecule is COc1ccccc1N(CC(=O)Nc1ccc(Cl)cc1Cl)C(C)=O. The molecule has 0 unspecified atom stereocenters. The highest BCUT2D eigenvalue weighted by Crippen LogP contribution is 2.28. The lowest BCUT2D eigenvalue weighted by atomic mass is 10.2. The number of carbonyl (C=O) groups excluding carboxylic acids is 2. The third-order valence-electron chi connectivity index (χ3n) is 3.26. The summed E-state index contributed by atoms with van der Waals surface area (Å²) in [6.07, 6.45) is 0. The average Bonchev–Trinajstić information content (AvgIpc) is 2.55. The molecule has 0 aromatic heterocycles. The van der Waals surface area contributed by atoms with E-state index in [4.69, 9.17) is 27.9 Å². The van der Waals surface area contributed by atoms with Gasteiger partial charge in [-0.3, -0.25) is 14.5 Å². The second kappa shape index (κ2) is 8.04. The normalized spacial score (nSPS) is 10.2. The Morgan fingerprint density at radius 2 is 1.88 bits per heavy atom. The molecule has 2 amide bonds. The third-order valence-corrected chi connectivity index (χ3v) is 3.81. The molecule has 0 radical (unpaired) electrons. The molecule has 24 heavy (non-hydrogen) atoms.